The molecule has 1 fully saturated rings. The Bertz CT molecular complexity index is 690. The van der Waals surface area contributed by atoms with Gasteiger partial charge in [-0.25, -0.2) is 0 Å². The number of anilines is 1. The zero-order chi connectivity index (χ0) is 20.7. The lowest BCUT2D eigenvalue weighted by molar-refractivity contribution is -0.125. The van der Waals surface area contributed by atoms with Crippen LogP contribution in [0.3, 0.4) is 0 Å². The Balaban J connectivity index is 1.80. The van der Waals surface area contributed by atoms with Crippen molar-refractivity contribution in [2.45, 2.75) is 39.3 Å². The minimum atomic E-state index is -0.629. The van der Waals surface area contributed by atoms with Crippen molar-refractivity contribution >= 4 is 23.4 Å². The number of carbonyl (C=O) groups excluding carboxylic acids is 3. The average Bonchev–Trinajstić information content (AvgIpc) is 2.67. The Morgan fingerprint density at radius 1 is 1.21 bits per heavy atom. The molecule has 1 saturated heterocycles. The Hall–Kier alpha value is -2.45. The van der Waals surface area contributed by atoms with Crippen LogP contribution in [-0.2, 0) is 20.9 Å². The van der Waals surface area contributed by atoms with Gasteiger partial charge in [0.1, 0.15) is 0 Å². The van der Waals surface area contributed by atoms with Crippen molar-refractivity contribution in [1.29, 1.82) is 0 Å². The van der Waals surface area contributed by atoms with Crippen molar-refractivity contribution in [3.05, 3.63) is 29.8 Å². The quantitative estimate of drug-likeness (QED) is 0.512. The van der Waals surface area contributed by atoms with Crippen LogP contribution in [0.2, 0.25) is 0 Å². The number of benzene rings is 1. The predicted octanol–water partition coefficient (Wildman–Crippen LogP) is 0.422. The van der Waals surface area contributed by atoms with Crippen molar-refractivity contribution in [3.8, 4) is 0 Å². The van der Waals surface area contributed by atoms with E-state index in [9.17, 15) is 14.4 Å². The van der Waals surface area contributed by atoms with Crippen molar-refractivity contribution in [2.75, 3.05) is 25.0 Å². The maximum atomic E-state index is 12.0. The first-order valence-electron chi connectivity index (χ1n) is 9.70. The van der Waals surface area contributed by atoms with Crippen LogP contribution in [0.15, 0.2) is 24.3 Å². The SMILES string of the molecule is CC(C)[C@H](N)C(=O)NCC(=O)Nc1ccc(CN2CCCC(C(N)=O)C2)cc1. The van der Waals surface area contributed by atoms with Gasteiger partial charge in [-0.05, 0) is 43.0 Å². The van der Waals surface area contributed by atoms with Crippen LogP contribution in [-0.4, -0.2) is 48.3 Å². The number of nitrogens with zero attached hydrogens (tertiary/aromatic N) is 1. The van der Waals surface area contributed by atoms with Crippen LogP contribution in [0.1, 0.15) is 32.3 Å². The van der Waals surface area contributed by atoms with Gasteiger partial charge in [-0.1, -0.05) is 26.0 Å². The standard InChI is InChI=1S/C20H31N5O3/c1-13(2)18(21)20(28)23-10-17(26)24-16-7-5-14(6-8-16)11-25-9-3-4-15(12-25)19(22)27/h5-8,13,15,18H,3-4,9-12,21H2,1-2H3,(H2,22,27)(H,23,28)(H,24,26)/t15?,18-/m0/s1. The second-order valence-corrected chi connectivity index (χ2v) is 7.71. The van der Waals surface area contributed by atoms with E-state index in [2.05, 4.69) is 15.5 Å². The lowest BCUT2D eigenvalue weighted by Crippen LogP contribution is -2.46. The van der Waals surface area contributed by atoms with Gasteiger partial charge in [-0.3, -0.25) is 19.3 Å². The maximum absolute atomic E-state index is 12.0. The highest BCUT2D eigenvalue weighted by Gasteiger charge is 2.23. The van der Waals surface area contributed by atoms with Gasteiger partial charge in [0, 0.05) is 18.8 Å². The van der Waals surface area contributed by atoms with Gasteiger partial charge in [0.2, 0.25) is 17.7 Å². The molecular formula is C20H31N5O3. The van der Waals surface area contributed by atoms with Gasteiger partial charge in [-0.15, -0.1) is 0 Å². The molecule has 28 heavy (non-hydrogen) atoms. The summed E-state index contributed by atoms with van der Waals surface area (Å²) in [6.07, 6.45) is 1.82. The molecule has 1 unspecified atom stereocenters. The Labute approximate surface area is 166 Å². The molecule has 8 nitrogen and oxygen atoms in total. The van der Waals surface area contributed by atoms with Crippen LogP contribution in [0, 0.1) is 11.8 Å². The monoisotopic (exact) mass is 389 g/mol. The number of nitrogens with one attached hydrogen (secondary N) is 2. The number of amides is 3. The summed E-state index contributed by atoms with van der Waals surface area (Å²) in [5.41, 5.74) is 12.9. The van der Waals surface area contributed by atoms with Gasteiger partial charge in [-0.2, -0.15) is 0 Å². The molecule has 1 heterocycles. The summed E-state index contributed by atoms with van der Waals surface area (Å²) in [7, 11) is 0. The van der Waals surface area contributed by atoms with Gasteiger partial charge >= 0.3 is 0 Å². The van der Waals surface area contributed by atoms with Crippen LogP contribution >= 0.6 is 0 Å². The first-order valence-corrected chi connectivity index (χ1v) is 9.70. The van der Waals surface area contributed by atoms with Crippen LogP contribution in [0.4, 0.5) is 5.69 Å². The summed E-state index contributed by atoms with van der Waals surface area (Å²) >= 11 is 0. The molecule has 0 aromatic heterocycles. The summed E-state index contributed by atoms with van der Waals surface area (Å²) < 4.78 is 0. The summed E-state index contributed by atoms with van der Waals surface area (Å²) in [4.78, 5) is 37.4. The normalized spacial score (nSPS) is 18.5. The third kappa shape index (κ3) is 6.61. The van der Waals surface area contributed by atoms with E-state index >= 15 is 0 Å². The first kappa shape index (κ1) is 21.8. The zero-order valence-corrected chi connectivity index (χ0v) is 16.6. The second kappa shape index (κ2) is 10.2. The second-order valence-electron chi connectivity index (χ2n) is 7.71. The highest BCUT2D eigenvalue weighted by molar-refractivity contribution is 5.95. The van der Waals surface area contributed by atoms with Crippen molar-refractivity contribution in [2.24, 2.45) is 23.3 Å². The van der Waals surface area contributed by atoms with Crippen LogP contribution in [0.5, 0.6) is 0 Å². The number of likely N-dealkylation sites (tertiary alicyclic amines) is 1. The molecule has 1 aliphatic heterocycles. The molecule has 6 N–H and O–H groups in total. The highest BCUT2D eigenvalue weighted by Crippen LogP contribution is 2.19. The lowest BCUT2D eigenvalue weighted by atomic mass is 9.97. The summed E-state index contributed by atoms with van der Waals surface area (Å²) in [5.74, 6) is -0.946. The number of hydrogen-bond donors (Lipinski definition) is 4. The molecule has 1 aromatic rings. The summed E-state index contributed by atoms with van der Waals surface area (Å²) in [6.45, 7) is 5.95. The smallest absolute Gasteiger partial charge is 0.243 e. The van der Waals surface area contributed by atoms with Crippen molar-refractivity contribution in [3.63, 3.8) is 0 Å². The number of primary amides is 1. The molecule has 2 atom stereocenters. The number of rotatable bonds is 8. The molecule has 3 amide bonds. The summed E-state index contributed by atoms with van der Waals surface area (Å²) in [6, 6.07) is 6.90. The molecule has 0 radical (unpaired) electrons. The third-order valence-corrected chi connectivity index (χ3v) is 5.00. The van der Waals surface area contributed by atoms with E-state index in [0.717, 1.165) is 31.5 Å². The molecule has 2 rings (SSSR count). The van der Waals surface area contributed by atoms with E-state index in [4.69, 9.17) is 11.5 Å². The topological polar surface area (TPSA) is 131 Å². The number of nitrogens with two attached hydrogens (primary N) is 2. The minimum absolute atomic E-state index is 0.00811. The Kier molecular flexibility index (Phi) is 7.95. The average molecular weight is 390 g/mol. The lowest BCUT2D eigenvalue weighted by Gasteiger charge is -2.31. The molecular weight excluding hydrogens is 358 g/mol. The maximum Gasteiger partial charge on any atom is 0.243 e. The molecule has 8 heteroatoms. The van der Waals surface area contributed by atoms with E-state index in [0.29, 0.717) is 12.2 Å². The molecule has 154 valence electrons. The predicted molar refractivity (Wildman–Crippen MR) is 108 cm³/mol. The third-order valence-electron chi connectivity index (χ3n) is 5.00. The molecule has 1 aromatic carbocycles. The van der Waals surface area contributed by atoms with E-state index in [1.54, 1.807) is 0 Å². The molecule has 0 spiro atoms. The van der Waals surface area contributed by atoms with Gasteiger partial charge in [0.25, 0.3) is 0 Å². The molecule has 0 aliphatic carbocycles. The number of carbonyl (C=O) groups is 3. The highest BCUT2D eigenvalue weighted by atomic mass is 16.2. The fourth-order valence-electron chi connectivity index (χ4n) is 3.18. The number of piperidine rings is 1. The molecule has 0 bridgehead atoms. The fourth-order valence-corrected chi connectivity index (χ4v) is 3.18. The first-order chi connectivity index (χ1) is 13.3. The largest absolute Gasteiger partial charge is 0.369 e. The van der Waals surface area contributed by atoms with Gasteiger partial charge < -0.3 is 22.1 Å². The fraction of sp³-hybridized carbons (Fsp3) is 0.550. The Morgan fingerprint density at radius 3 is 2.50 bits per heavy atom. The van der Waals surface area contributed by atoms with Crippen LogP contribution in [0.25, 0.3) is 0 Å². The van der Waals surface area contributed by atoms with E-state index in [1.807, 2.05) is 38.1 Å². The summed E-state index contributed by atoms with van der Waals surface area (Å²) in [5, 5.41) is 5.29. The van der Waals surface area contributed by atoms with E-state index in [1.165, 1.54) is 0 Å². The van der Waals surface area contributed by atoms with Crippen LogP contribution < -0.4 is 22.1 Å². The zero-order valence-electron chi connectivity index (χ0n) is 16.6. The van der Waals surface area contributed by atoms with Crippen molar-refractivity contribution in [1.82, 2.24) is 10.2 Å². The van der Waals surface area contributed by atoms with Gasteiger partial charge in [0.15, 0.2) is 0 Å². The van der Waals surface area contributed by atoms with Gasteiger partial charge in [0.05, 0.1) is 18.5 Å². The molecule has 0 saturated carbocycles. The van der Waals surface area contributed by atoms with E-state index < -0.39 is 6.04 Å². The molecule has 1 aliphatic rings. The Morgan fingerprint density at radius 2 is 1.89 bits per heavy atom. The van der Waals surface area contributed by atoms with E-state index in [-0.39, 0.29) is 36.1 Å². The minimum Gasteiger partial charge on any atom is -0.369 e. The number of hydrogen-bond acceptors (Lipinski definition) is 5. The van der Waals surface area contributed by atoms with Crippen molar-refractivity contribution < 1.29 is 14.4 Å².